The van der Waals surface area contributed by atoms with Gasteiger partial charge in [-0.25, -0.2) is 13.1 Å². The van der Waals surface area contributed by atoms with Crippen LogP contribution in [0.25, 0.3) is 22.2 Å². The maximum absolute atomic E-state index is 13.2. The molecule has 0 unspecified atom stereocenters. The van der Waals surface area contributed by atoms with Crippen LogP contribution in [-0.4, -0.2) is 69.8 Å². The maximum atomic E-state index is 13.2. The number of fused-ring (bicyclic) bond motifs is 1. The number of carbonyl (C=O) groups excluding carboxylic acids is 1. The smallest absolute Gasteiger partial charge is 0.240 e. The van der Waals surface area contributed by atoms with Crippen molar-refractivity contribution < 1.29 is 22.7 Å². The number of H-pyrrole nitrogens is 1. The Kier molecular flexibility index (Phi) is 8.18. The Bertz CT molecular complexity index is 1360. The van der Waals surface area contributed by atoms with Gasteiger partial charge in [-0.2, -0.15) is 0 Å². The van der Waals surface area contributed by atoms with E-state index in [1.165, 1.54) is 5.56 Å². The summed E-state index contributed by atoms with van der Waals surface area (Å²) in [5.41, 5.74) is 3.97. The predicted octanol–water partition coefficient (Wildman–Crippen LogP) is 4.11. The molecule has 8 nitrogen and oxygen atoms in total. The fourth-order valence-corrected chi connectivity index (χ4v) is 6.87. The number of ether oxygens (including phenoxy) is 2. The highest BCUT2D eigenvalue weighted by atomic mass is 32.2. The van der Waals surface area contributed by atoms with Gasteiger partial charge >= 0.3 is 0 Å². The summed E-state index contributed by atoms with van der Waals surface area (Å²) in [5.74, 6) is 0.138. The number of amides is 1. The van der Waals surface area contributed by atoms with Crippen LogP contribution in [0, 0.1) is 5.92 Å². The van der Waals surface area contributed by atoms with E-state index in [9.17, 15) is 13.2 Å². The summed E-state index contributed by atoms with van der Waals surface area (Å²) < 4.78 is 39.9. The Morgan fingerprint density at radius 2 is 1.87 bits per heavy atom. The molecule has 204 valence electrons. The highest BCUT2D eigenvalue weighted by Gasteiger charge is 2.34. The van der Waals surface area contributed by atoms with E-state index in [-0.39, 0.29) is 28.8 Å². The molecule has 38 heavy (non-hydrogen) atoms. The van der Waals surface area contributed by atoms with Crippen molar-refractivity contribution in [3.63, 3.8) is 0 Å². The summed E-state index contributed by atoms with van der Waals surface area (Å²) in [6, 6.07) is 15.5. The van der Waals surface area contributed by atoms with Crippen LogP contribution in [0.15, 0.2) is 53.4 Å². The minimum absolute atomic E-state index is 0.0426. The van der Waals surface area contributed by atoms with Crippen LogP contribution in [0.3, 0.4) is 0 Å². The van der Waals surface area contributed by atoms with Gasteiger partial charge in [0.25, 0.3) is 0 Å². The van der Waals surface area contributed by atoms with Gasteiger partial charge in [0.05, 0.1) is 30.8 Å². The second kappa shape index (κ2) is 11.6. The van der Waals surface area contributed by atoms with E-state index in [1.54, 1.807) is 19.2 Å². The number of nitrogens with one attached hydrogen (secondary N) is 2. The van der Waals surface area contributed by atoms with Crippen molar-refractivity contribution in [1.29, 1.82) is 0 Å². The van der Waals surface area contributed by atoms with Gasteiger partial charge in [0, 0.05) is 42.2 Å². The predicted molar refractivity (Wildman–Crippen MR) is 147 cm³/mol. The van der Waals surface area contributed by atoms with Crippen molar-refractivity contribution in [1.82, 2.24) is 14.6 Å². The summed E-state index contributed by atoms with van der Waals surface area (Å²) in [5, 5.41) is 0.957. The first-order valence-corrected chi connectivity index (χ1v) is 14.9. The van der Waals surface area contributed by atoms with Gasteiger partial charge in [0.15, 0.2) is 0 Å². The van der Waals surface area contributed by atoms with Gasteiger partial charge in [-0.15, -0.1) is 0 Å². The van der Waals surface area contributed by atoms with Crippen LogP contribution in [0.5, 0.6) is 0 Å². The molecular weight excluding hydrogens is 502 g/mol. The molecule has 1 saturated heterocycles. The van der Waals surface area contributed by atoms with Crippen molar-refractivity contribution in [2.45, 2.75) is 56.0 Å². The summed E-state index contributed by atoms with van der Waals surface area (Å²) in [6.07, 6.45) is 3.56. The van der Waals surface area contributed by atoms with E-state index < -0.39 is 10.0 Å². The van der Waals surface area contributed by atoms with Gasteiger partial charge in [-0.3, -0.25) is 4.79 Å². The van der Waals surface area contributed by atoms with Crippen LogP contribution in [0.4, 0.5) is 0 Å². The first-order chi connectivity index (χ1) is 18.3. The molecule has 2 fully saturated rings. The van der Waals surface area contributed by atoms with Gasteiger partial charge in [0.1, 0.15) is 0 Å². The van der Waals surface area contributed by atoms with Crippen LogP contribution in [-0.2, 0) is 30.7 Å². The average molecular weight is 540 g/mol. The first-order valence-electron chi connectivity index (χ1n) is 13.5. The normalized spacial score (nSPS) is 22.6. The van der Waals surface area contributed by atoms with E-state index in [4.69, 9.17) is 9.47 Å². The Labute approximate surface area is 224 Å². The van der Waals surface area contributed by atoms with E-state index in [0.29, 0.717) is 52.0 Å². The number of morpholine rings is 1. The second-order valence-corrected chi connectivity index (χ2v) is 12.2. The highest BCUT2D eigenvalue weighted by Crippen LogP contribution is 2.30. The third kappa shape index (κ3) is 5.96. The summed E-state index contributed by atoms with van der Waals surface area (Å²) >= 11 is 0. The second-order valence-electron chi connectivity index (χ2n) is 10.5. The topological polar surface area (TPSA) is 101 Å². The van der Waals surface area contributed by atoms with E-state index in [0.717, 1.165) is 28.6 Å². The lowest BCUT2D eigenvalue weighted by molar-refractivity contribution is -0.144. The van der Waals surface area contributed by atoms with Crippen LogP contribution in [0.2, 0.25) is 0 Å². The molecule has 2 aliphatic rings. The number of hydrogen-bond acceptors (Lipinski definition) is 5. The molecule has 1 aliphatic heterocycles. The zero-order valence-corrected chi connectivity index (χ0v) is 22.9. The highest BCUT2D eigenvalue weighted by molar-refractivity contribution is 7.89. The van der Waals surface area contributed by atoms with Gasteiger partial charge in [-0.1, -0.05) is 30.3 Å². The number of rotatable bonds is 8. The number of aromatic nitrogens is 1. The Morgan fingerprint density at radius 1 is 1.11 bits per heavy atom. The molecule has 0 bridgehead atoms. The Hall–Kier alpha value is -2.72. The summed E-state index contributed by atoms with van der Waals surface area (Å²) in [7, 11) is -1.98. The fourth-order valence-electron chi connectivity index (χ4n) is 5.53. The molecule has 1 atom stereocenters. The number of methoxy groups -OCH3 is 1. The number of sulfonamides is 1. The number of carbonyl (C=O) groups is 1. The standard InChI is InChI=1S/C29H37N3O5S/c1-20-19-37-16-14-32(20)29(33)23-7-10-25(11-8-23)31-38(34,35)26-12-9-24-17-27(30-28(24)18-26)22-5-3-21(4-6-22)13-15-36-2/h3-6,9,12,17-18,20,23,25,30-31H,7-8,10-11,13-16,19H2,1-2H3/t20-,23-,25-/m0/s1. The fraction of sp³-hybridized carbons (Fsp3) is 0.483. The average Bonchev–Trinajstić information content (AvgIpc) is 3.36. The molecule has 2 aromatic carbocycles. The largest absolute Gasteiger partial charge is 0.384 e. The molecule has 1 aliphatic carbocycles. The Balaban J connectivity index is 1.22. The van der Waals surface area contributed by atoms with Crippen molar-refractivity contribution in [3.8, 4) is 11.3 Å². The van der Waals surface area contributed by atoms with Crippen molar-refractivity contribution in [2.75, 3.05) is 33.5 Å². The zero-order valence-electron chi connectivity index (χ0n) is 22.1. The number of benzene rings is 2. The molecule has 9 heteroatoms. The summed E-state index contributed by atoms with van der Waals surface area (Å²) in [6.45, 7) is 4.49. The monoisotopic (exact) mass is 539 g/mol. The molecule has 1 amide bonds. The number of hydrogen-bond donors (Lipinski definition) is 2. The zero-order chi connectivity index (χ0) is 26.7. The van der Waals surface area contributed by atoms with Crippen LogP contribution in [0.1, 0.15) is 38.2 Å². The van der Waals surface area contributed by atoms with Crippen molar-refractivity contribution >= 4 is 26.8 Å². The molecule has 5 rings (SSSR count). The SMILES string of the molecule is COCCc1ccc(-c2cc3ccc(S(=O)(=O)N[C@H]4CC[C@H](C(=O)N5CCOC[C@@H]5C)CC4)cc3[nH]2)cc1. The van der Waals surface area contributed by atoms with Crippen molar-refractivity contribution in [2.24, 2.45) is 5.92 Å². The molecule has 1 saturated carbocycles. The minimum atomic E-state index is -3.68. The third-order valence-electron chi connectivity index (χ3n) is 7.81. The first kappa shape index (κ1) is 26.9. The molecule has 0 spiro atoms. The molecule has 1 aromatic heterocycles. The van der Waals surface area contributed by atoms with Gasteiger partial charge in [0.2, 0.25) is 15.9 Å². The molecule has 3 aromatic rings. The number of aromatic amines is 1. The molecule has 2 N–H and O–H groups in total. The molecule has 0 radical (unpaired) electrons. The molecular formula is C29H37N3O5S. The van der Waals surface area contributed by atoms with Crippen molar-refractivity contribution in [3.05, 3.63) is 54.1 Å². The third-order valence-corrected chi connectivity index (χ3v) is 9.33. The molecule has 2 heterocycles. The van der Waals surface area contributed by atoms with E-state index >= 15 is 0 Å². The lowest BCUT2D eigenvalue weighted by atomic mass is 9.85. The van der Waals surface area contributed by atoms with E-state index in [2.05, 4.69) is 34.0 Å². The quantitative estimate of drug-likeness (QED) is 0.449. The van der Waals surface area contributed by atoms with Crippen LogP contribution < -0.4 is 4.72 Å². The lowest BCUT2D eigenvalue weighted by Gasteiger charge is -2.37. The maximum Gasteiger partial charge on any atom is 0.240 e. The number of nitrogens with zero attached hydrogens (tertiary/aromatic N) is 1. The van der Waals surface area contributed by atoms with Crippen LogP contribution >= 0.6 is 0 Å². The summed E-state index contributed by atoms with van der Waals surface area (Å²) in [4.78, 5) is 18.5. The lowest BCUT2D eigenvalue weighted by Crippen LogP contribution is -2.50. The minimum Gasteiger partial charge on any atom is -0.384 e. The van der Waals surface area contributed by atoms with Gasteiger partial charge in [-0.05, 0) is 68.4 Å². The Morgan fingerprint density at radius 3 is 2.58 bits per heavy atom. The van der Waals surface area contributed by atoms with E-state index in [1.807, 2.05) is 24.0 Å². The van der Waals surface area contributed by atoms with Gasteiger partial charge < -0.3 is 19.4 Å².